The van der Waals surface area contributed by atoms with Crippen molar-refractivity contribution in [2.75, 3.05) is 34.0 Å². The number of hydrogen-bond donors (Lipinski definition) is 0. The van der Waals surface area contributed by atoms with Crippen LogP contribution in [0.15, 0.2) is 76.4 Å². The molecule has 1 aromatic heterocycles. The molecule has 8 nitrogen and oxygen atoms in total. The first-order valence-electron chi connectivity index (χ1n) is 11.4. The highest BCUT2D eigenvalue weighted by atomic mass is 32.2. The Balaban J connectivity index is 1.85. The second kappa shape index (κ2) is 10.7. The van der Waals surface area contributed by atoms with Crippen LogP contribution in [0.2, 0.25) is 0 Å². The van der Waals surface area contributed by atoms with Gasteiger partial charge in [-0.05, 0) is 42.0 Å². The Morgan fingerprint density at radius 2 is 1.63 bits per heavy atom. The van der Waals surface area contributed by atoms with Gasteiger partial charge >= 0.3 is 0 Å². The first-order valence-corrected chi connectivity index (χ1v) is 12.8. The smallest absolute Gasteiger partial charge is 0.261 e. The fourth-order valence-electron chi connectivity index (χ4n) is 4.20. The SMILES string of the molecule is COCCN(C(C)c1nc2ccccc2c(=O)n1CCOC)S(=O)(=O)c1ccc2ccccc2c1. The van der Waals surface area contributed by atoms with Gasteiger partial charge in [0, 0.05) is 20.8 Å². The first kappa shape index (κ1) is 25.0. The Morgan fingerprint density at radius 1 is 0.943 bits per heavy atom. The minimum atomic E-state index is -3.95. The van der Waals surface area contributed by atoms with Crippen molar-refractivity contribution in [3.63, 3.8) is 0 Å². The van der Waals surface area contributed by atoms with Crippen LogP contribution >= 0.6 is 0 Å². The molecule has 0 aliphatic heterocycles. The Bertz CT molecular complexity index is 1500. The summed E-state index contributed by atoms with van der Waals surface area (Å²) in [4.78, 5) is 18.2. The molecule has 4 rings (SSSR count). The van der Waals surface area contributed by atoms with Crippen molar-refractivity contribution in [3.05, 3.63) is 82.9 Å². The van der Waals surface area contributed by atoms with Gasteiger partial charge in [-0.15, -0.1) is 0 Å². The van der Waals surface area contributed by atoms with E-state index in [0.29, 0.717) is 16.7 Å². The van der Waals surface area contributed by atoms with Crippen LogP contribution in [-0.2, 0) is 26.0 Å². The van der Waals surface area contributed by atoms with E-state index in [1.807, 2.05) is 24.3 Å². The van der Waals surface area contributed by atoms with Crippen molar-refractivity contribution in [2.45, 2.75) is 24.4 Å². The van der Waals surface area contributed by atoms with Gasteiger partial charge < -0.3 is 9.47 Å². The van der Waals surface area contributed by atoms with Gasteiger partial charge in [-0.1, -0.05) is 42.5 Å². The molecule has 184 valence electrons. The van der Waals surface area contributed by atoms with Gasteiger partial charge in [0.15, 0.2) is 0 Å². The summed E-state index contributed by atoms with van der Waals surface area (Å²) < 4.78 is 41.1. The summed E-state index contributed by atoms with van der Waals surface area (Å²) in [5.41, 5.74) is 0.284. The maximum Gasteiger partial charge on any atom is 0.261 e. The summed E-state index contributed by atoms with van der Waals surface area (Å²) in [6.45, 7) is 2.57. The molecule has 0 fully saturated rings. The Hall–Kier alpha value is -3.11. The average molecular weight is 496 g/mol. The van der Waals surface area contributed by atoms with Gasteiger partial charge in [-0.2, -0.15) is 4.31 Å². The molecule has 9 heteroatoms. The number of sulfonamides is 1. The van der Waals surface area contributed by atoms with E-state index in [4.69, 9.17) is 14.5 Å². The maximum absolute atomic E-state index is 13.9. The molecule has 35 heavy (non-hydrogen) atoms. The molecule has 0 amide bonds. The van der Waals surface area contributed by atoms with Crippen molar-refractivity contribution in [2.24, 2.45) is 0 Å². The molecule has 3 aromatic carbocycles. The van der Waals surface area contributed by atoms with Gasteiger partial charge in [0.25, 0.3) is 5.56 Å². The number of aromatic nitrogens is 2. The number of benzene rings is 3. The molecule has 0 aliphatic rings. The van der Waals surface area contributed by atoms with E-state index in [9.17, 15) is 13.2 Å². The van der Waals surface area contributed by atoms with E-state index in [2.05, 4.69) is 0 Å². The van der Waals surface area contributed by atoms with Crippen LogP contribution in [0, 0.1) is 0 Å². The summed E-state index contributed by atoms with van der Waals surface area (Å²) in [5, 5.41) is 2.25. The molecule has 0 bridgehead atoms. The molecule has 0 spiro atoms. The molecule has 4 aromatic rings. The predicted octanol–water partition coefficient (Wildman–Crippen LogP) is 3.59. The van der Waals surface area contributed by atoms with E-state index in [0.717, 1.165) is 10.8 Å². The second-order valence-corrected chi connectivity index (χ2v) is 10.1. The largest absolute Gasteiger partial charge is 0.383 e. The van der Waals surface area contributed by atoms with Gasteiger partial charge in [-0.25, -0.2) is 13.4 Å². The lowest BCUT2D eigenvalue weighted by Crippen LogP contribution is -2.39. The van der Waals surface area contributed by atoms with Gasteiger partial charge in [0.05, 0.1) is 41.6 Å². The fourth-order valence-corrected chi connectivity index (χ4v) is 5.81. The van der Waals surface area contributed by atoms with E-state index >= 15 is 0 Å². The third-order valence-electron chi connectivity index (χ3n) is 6.06. The van der Waals surface area contributed by atoms with Crippen LogP contribution in [0.5, 0.6) is 0 Å². The maximum atomic E-state index is 13.9. The number of rotatable bonds is 10. The molecule has 1 unspecified atom stereocenters. The second-order valence-electron chi connectivity index (χ2n) is 8.23. The summed E-state index contributed by atoms with van der Waals surface area (Å²) in [7, 11) is -0.873. The number of para-hydroxylation sites is 1. The first-order chi connectivity index (χ1) is 16.9. The van der Waals surface area contributed by atoms with Crippen molar-refractivity contribution in [1.29, 1.82) is 0 Å². The highest BCUT2D eigenvalue weighted by molar-refractivity contribution is 7.89. The van der Waals surface area contributed by atoms with Gasteiger partial charge in [0.2, 0.25) is 10.0 Å². The Morgan fingerprint density at radius 3 is 2.37 bits per heavy atom. The molecule has 1 atom stereocenters. The lowest BCUT2D eigenvalue weighted by molar-refractivity contribution is 0.163. The average Bonchev–Trinajstić information content (AvgIpc) is 2.87. The fraction of sp³-hybridized carbons (Fsp3) is 0.308. The lowest BCUT2D eigenvalue weighted by atomic mass is 10.1. The monoisotopic (exact) mass is 495 g/mol. The minimum absolute atomic E-state index is 0.0970. The van der Waals surface area contributed by atoms with E-state index in [1.54, 1.807) is 56.5 Å². The normalized spacial score (nSPS) is 13.0. The van der Waals surface area contributed by atoms with Crippen LogP contribution in [0.1, 0.15) is 18.8 Å². The lowest BCUT2D eigenvalue weighted by Gasteiger charge is -2.29. The van der Waals surface area contributed by atoms with E-state index in [1.165, 1.54) is 16.0 Å². The summed E-state index contributed by atoms with van der Waals surface area (Å²) >= 11 is 0. The van der Waals surface area contributed by atoms with Crippen LogP contribution in [-0.4, -0.2) is 56.3 Å². The zero-order chi connectivity index (χ0) is 25.0. The van der Waals surface area contributed by atoms with Crippen LogP contribution < -0.4 is 5.56 Å². The third-order valence-corrected chi connectivity index (χ3v) is 8.03. The molecular weight excluding hydrogens is 466 g/mol. The van der Waals surface area contributed by atoms with Crippen molar-refractivity contribution in [1.82, 2.24) is 13.9 Å². The summed E-state index contributed by atoms with van der Waals surface area (Å²) in [6, 6.07) is 19.0. The molecule has 0 radical (unpaired) electrons. The van der Waals surface area contributed by atoms with E-state index in [-0.39, 0.29) is 36.8 Å². The topological polar surface area (TPSA) is 90.7 Å². The minimum Gasteiger partial charge on any atom is -0.383 e. The van der Waals surface area contributed by atoms with Crippen molar-refractivity contribution < 1.29 is 17.9 Å². The Kier molecular flexibility index (Phi) is 7.61. The predicted molar refractivity (Wildman–Crippen MR) is 136 cm³/mol. The highest BCUT2D eigenvalue weighted by Crippen LogP contribution is 2.29. The standard InChI is InChI=1S/C26H29N3O5S/c1-19(25-27-24-11-7-6-10-23(24)26(30)28(25)14-16-33-2)29(15-17-34-3)35(31,32)22-13-12-20-8-4-5-9-21(20)18-22/h4-13,18-19H,14-17H2,1-3H3. The zero-order valence-corrected chi connectivity index (χ0v) is 20.9. The molecule has 1 heterocycles. The molecular formula is C26H29N3O5S. The van der Waals surface area contributed by atoms with Crippen LogP contribution in [0.25, 0.3) is 21.7 Å². The van der Waals surface area contributed by atoms with Crippen LogP contribution in [0.4, 0.5) is 0 Å². The molecule has 0 saturated carbocycles. The summed E-state index contributed by atoms with van der Waals surface area (Å²) in [6.07, 6.45) is 0. The number of ether oxygens (including phenoxy) is 2. The van der Waals surface area contributed by atoms with Crippen molar-refractivity contribution in [3.8, 4) is 0 Å². The van der Waals surface area contributed by atoms with E-state index < -0.39 is 16.1 Å². The number of methoxy groups -OCH3 is 2. The molecule has 0 N–H and O–H groups in total. The molecule has 0 aliphatic carbocycles. The summed E-state index contributed by atoms with van der Waals surface area (Å²) in [5.74, 6) is 0.353. The zero-order valence-electron chi connectivity index (χ0n) is 20.0. The Labute approximate surface area is 204 Å². The highest BCUT2D eigenvalue weighted by Gasteiger charge is 2.32. The number of fused-ring (bicyclic) bond motifs is 2. The van der Waals surface area contributed by atoms with Gasteiger partial charge in [0.1, 0.15) is 5.82 Å². The van der Waals surface area contributed by atoms with Crippen LogP contribution in [0.3, 0.4) is 0 Å². The molecule has 0 saturated heterocycles. The number of hydrogen-bond acceptors (Lipinski definition) is 6. The number of nitrogens with zero attached hydrogens (tertiary/aromatic N) is 3. The van der Waals surface area contributed by atoms with Crippen molar-refractivity contribution >= 4 is 31.7 Å². The van der Waals surface area contributed by atoms with Gasteiger partial charge in [-0.3, -0.25) is 9.36 Å². The third kappa shape index (κ3) is 4.99. The quantitative estimate of drug-likeness (QED) is 0.334.